The minimum Gasteiger partial charge on any atom is -0.480 e. The smallest absolute Gasteiger partial charge is 0.389 e. The summed E-state index contributed by atoms with van der Waals surface area (Å²) in [5, 5.41) is 8.26. The Hall–Kier alpha value is -0.490. The lowest BCUT2D eigenvalue weighted by Gasteiger charge is -2.17. The Morgan fingerprint density at radius 1 is 1.54 bits per heavy atom. The van der Waals surface area contributed by atoms with E-state index in [2.05, 4.69) is 0 Å². The number of carboxylic acid groups (broad SMARTS) is 1. The summed E-state index contributed by atoms with van der Waals surface area (Å²) >= 11 is 0. The largest absolute Gasteiger partial charge is 0.480 e. The molecule has 0 aliphatic carbocycles. The second-order valence-electron chi connectivity index (χ2n) is 2.66. The van der Waals surface area contributed by atoms with Crippen LogP contribution < -0.4 is 5.73 Å². The van der Waals surface area contributed by atoms with Crippen molar-refractivity contribution in [2.45, 2.75) is 25.6 Å². The molecule has 3 N–H and O–H groups in total. The normalized spacial score (nSPS) is 15.8. The molecule has 0 bridgehead atoms. The van der Waals surface area contributed by atoms with Crippen molar-refractivity contribution in [3.05, 3.63) is 0 Å². The van der Waals surface area contributed by atoms with E-state index in [0.29, 0.717) is 0 Å². The van der Waals surface area contributed by atoms with Gasteiger partial charge in [0.25, 0.3) is 0 Å². The number of nitrogens with two attached hydrogens (primary N) is 1. The first-order valence-corrected chi connectivity index (χ1v) is 3.29. The number of carbonyl (C=O) groups is 1. The third-order valence-electron chi connectivity index (χ3n) is 1.45. The van der Waals surface area contributed by atoms with Crippen molar-refractivity contribution in [3.8, 4) is 0 Å². The Kier molecular flexibility index (Phi) is 6.10. The van der Waals surface area contributed by atoms with Crippen molar-refractivity contribution in [2.24, 2.45) is 11.7 Å². The molecule has 2 atom stereocenters. The van der Waals surface area contributed by atoms with E-state index in [-0.39, 0.29) is 12.4 Å². The summed E-state index contributed by atoms with van der Waals surface area (Å²) in [5.41, 5.74) is 4.97. The minimum absolute atomic E-state index is 0. The van der Waals surface area contributed by atoms with Gasteiger partial charge < -0.3 is 10.8 Å². The molecule has 0 aromatic carbocycles. The van der Waals surface area contributed by atoms with Gasteiger partial charge in [-0.15, -0.1) is 12.4 Å². The van der Waals surface area contributed by atoms with Crippen LogP contribution >= 0.6 is 12.4 Å². The standard InChI is InChI=1S/C6H10F3NO2.ClH/c1-3(2-6(7,8)9)4(10)5(11)12;/h3-4H,2,10H2,1H3,(H,11,12);1H/t3-,4-;/m0./s1. The average Bonchev–Trinajstić information content (AvgIpc) is 1.82. The molecule has 0 saturated heterocycles. The summed E-state index contributed by atoms with van der Waals surface area (Å²) in [6.07, 6.45) is -5.52. The number of hydrogen-bond acceptors (Lipinski definition) is 2. The molecular weight excluding hydrogens is 211 g/mol. The first-order valence-electron chi connectivity index (χ1n) is 3.29. The van der Waals surface area contributed by atoms with E-state index in [1.54, 1.807) is 0 Å². The van der Waals surface area contributed by atoms with Gasteiger partial charge in [-0.05, 0) is 5.92 Å². The number of alkyl halides is 3. The fraction of sp³-hybridized carbons (Fsp3) is 0.833. The van der Waals surface area contributed by atoms with Crippen LogP contribution in [0.2, 0.25) is 0 Å². The van der Waals surface area contributed by atoms with Crippen LogP contribution in [0.25, 0.3) is 0 Å². The molecule has 0 rings (SSSR count). The number of carboxylic acids is 1. The molecule has 7 heteroatoms. The summed E-state index contributed by atoms with van der Waals surface area (Å²) in [6.45, 7) is 1.16. The SMILES string of the molecule is C[C@@H](CC(F)(F)F)[C@H](N)C(=O)O.Cl. The maximum Gasteiger partial charge on any atom is 0.389 e. The average molecular weight is 222 g/mol. The zero-order valence-electron chi connectivity index (χ0n) is 6.84. The van der Waals surface area contributed by atoms with E-state index < -0.39 is 30.5 Å². The number of aliphatic carboxylic acids is 1. The molecule has 0 aliphatic heterocycles. The van der Waals surface area contributed by atoms with Crippen molar-refractivity contribution in [2.75, 3.05) is 0 Å². The highest BCUT2D eigenvalue weighted by atomic mass is 35.5. The quantitative estimate of drug-likeness (QED) is 0.757. The zero-order chi connectivity index (χ0) is 9.94. The van der Waals surface area contributed by atoms with Crippen LogP contribution in [0.3, 0.4) is 0 Å². The van der Waals surface area contributed by atoms with Crippen LogP contribution in [0.15, 0.2) is 0 Å². The van der Waals surface area contributed by atoms with Gasteiger partial charge in [-0.2, -0.15) is 13.2 Å². The van der Waals surface area contributed by atoms with Gasteiger partial charge in [0, 0.05) is 6.42 Å². The molecule has 13 heavy (non-hydrogen) atoms. The molecule has 0 aromatic rings. The maximum absolute atomic E-state index is 11.7. The fourth-order valence-corrected chi connectivity index (χ4v) is 0.735. The summed E-state index contributed by atoms with van der Waals surface area (Å²) in [6, 6.07) is -1.45. The molecule has 0 spiro atoms. The summed E-state index contributed by atoms with van der Waals surface area (Å²) in [4.78, 5) is 10.1. The molecule has 0 fully saturated rings. The van der Waals surface area contributed by atoms with E-state index in [9.17, 15) is 18.0 Å². The third-order valence-corrected chi connectivity index (χ3v) is 1.45. The van der Waals surface area contributed by atoms with Crippen molar-refractivity contribution < 1.29 is 23.1 Å². The van der Waals surface area contributed by atoms with Crippen molar-refractivity contribution in [1.82, 2.24) is 0 Å². The Morgan fingerprint density at radius 2 is 1.92 bits per heavy atom. The lowest BCUT2D eigenvalue weighted by molar-refractivity contribution is -0.151. The van der Waals surface area contributed by atoms with Gasteiger partial charge in [-0.25, -0.2) is 0 Å². The summed E-state index contributed by atoms with van der Waals surface area (Å²) in [5.74, 6) is -2.51. The lowest BCUT2D eigenvalue weighted by atomic mass is 9.99. The number of rotatable bonds is 3. The van der Waals surface area contributed by atoms with E-state index in [1.807, 2.05) is 0 Å². The molecule has 3 nitrogen and oxygen atoms in total. The van der Waals surface area contributed by atoms with E-state index in [4.69, 9.17) is 10.8 Å². The van der Waals surface area contributed by atoms with Gasteiger partial charge >= 0.3 is 12.1 Å². The van der Waals surface area contributed by atoms with Crippen LogP contribution in [0.4, 0.5) is 13.2 Å². The lowest BCUT2D eigenvalue weighted by Crippen LogP contribution is -2.38. The second-order valence-corrected chi connectivity index (χ2v) is 2.66. The first kappa shape index (κ1) is 15.0. The van der Waals surface area contributed by atoms with E-state index >= 15 is 0 Å². The molecule has 0 saturated carbocycles. The molecule has 0 aliphatic rings. The van der Waals surface area contributed by atoms with Crippen LogP contribution in [0, 0.1) is 5.92 Å². The highest BCUT2D eigenvalue weighted by molar-refractivity contribution is 5.85. The maximum atomic E-state index is 11.7. The van der Waals surface area contributed by atoms with E-state index in [1.165, 1.54) is 0 Å². The highest BCUT2D eigenvalue weighted by Crippen LogP contribution is 2.25. The predicted molar refractivity (Wildman–Crippen MR) is 42.7 cm³/mol. The monoisotopic (exact) mass is 221 g/mol. The van der Waals surface area contributed by atoms with Crippen LogP contribution in [-0.2, 0) is 4.79 Å². The zero-order valence-corrected chi connectivity index (χ0v) is 7.65. The topological polar surface area (TPSA) is 63.3 Å². The second kappa shape index (κ2) is 5.29. The van der Waals surface area contributed by atoms with Crippen LogP contribution in [0.5, 0.6) is 0 Å². The molecule has 80 valence electrons. The van der Waals surface area contributed by atoms with Crippen LogP contribution in [0.1, 0.15) is 13.3 Å². The molecule has 0 unspecified atom stereocenters. The van der Waals surface area contributed by atoms with Gasteiger partial charge in [0.2, 0.25) is 0 Å². The van der Waals surface area contributed by atoms with Gasteiger partial charge in [0.1, 0.15) is 6.04 Å². The number of hydrogen-bond donors (Lipinski definition) is 2. The Labute approximate surface area is 79.5 Å². The highest BCUT2D eigenvalue weighted by Gasteiger charge is 2.34. The third kappa shape index (κ3) is 6.65. The Balaban J connectivity index is 0. The Bertz CT molecular complexity index is 174. The van der Waals surface area contributed by atoms with Gasteiger partial charge in [0.05, 0.1) is 0 Å². The molecule has 0 amide bonds. The van der Waals surface area contributed by atoms with Gasteiger partial charge in [-0.1, -0.05) is 6.92 Å². The van der Waals surface area contributed by atoms with Gasteiger partial charge in [-0.3, -0.25) is 4.79 Å². The molecule has 0 radical (unpaired) electrons. The van der Waals surface area contributed by atoms with E-state index in [0.717, 1.165) is 6.92 Å². The van der Waals surface area contributed by atoms with Crippen molar-refractivity contribution >= 4 is 18.4 Å². The molecule has 0 heterocycles. The van der Waals surface area contributed by atoms with Gasteiger partial charge in [0.15, 0.2) is 0 Å². The summed E-state index contributed by atoms with van der Waals surface area (Å²) < 4.78 is 35.0. The first-order chi connectivity index (χ1) is 5.24. The number of halogens is 4. The molecule has 0 aromatic heterocycles. The van der Waals surface area contributed by atoms with Crippen molar-refractivity contribution in [3.63, 3.8) is 0 Å². The fourth-order valence-electron chi connectivity index (χ4n) is 0.735. The molecular formula is C6H11ClF3NO2. The van der Waals surface area contributed by atoms with Crippen LogP contribution in [-0.4, -0.2) is 23.3 Å². The summed E-state index contributed by atoms with van der Waals surface area (Å²) in [7, 11) is 0. The Morgan fingerprint density at radius 3 is 2.15 bits per heavy atom. The van der Waals surface area contributed by atoms with Crippen molar-refractivity contribution in [1.29, 1.82) is 0 Å². The minimum atomic E-state index is -4.35. The predicted octanol–water partition coefficient (Wildman–Crippen LogP) is 1.41.